The second-order valence-electron chi connectivity index (χ2n) is 6.58. The summed E-state index contributed by atoms with van der Waals surface area (Å²) in [7, 11) is 0. The highest BCUT2D eigenvalue weighted by atomic mass is 32.2. The van der Waals surface area contributed by atoms with E-state index in [0.717, 1.165) is 26.7 Å². The summed E-state index contributed by atoms with van der Waals surface area (Å²) in [6, 6.07) is 5.72. The molecule has 2 aliphatic carbocycles. The number of rotatable bonds is 3. The number of nitrogens with zero attached hydrogens (tertiary/aromatic N) is 2. The van der Waals surface area contributed by atoms with E-state index in [2.05, 4.69) is 24.1 Å². The number of thioether (sulfide) groups is 1. The Morgan fingerprint density at radius 3 is 2.58 bits per heavy atom. The summed E-state index contributed by atoms with van der Waals surface area (Å²) in [6.45, 7) is 2.10. The van der Waals surface area contributed by atoms with Gasteiger partial charge in [0.1, 0.15) is 0 Å². The maximum absolute atomic E-state index is 12.9. The van der Waals surface area contributed by atoms with E-state index in [9.17, 15) is 9.59 Å². The molecule has 5 rings (SSSR count). The molecular weight excluding hydrogens is 340 g/mol. The molecule has 1 aromatic carbocycles. The van der Waals surface area contributed by atoms with Crippen molar-refractivity contribution < 1.29 is 9.59 Å². The Bertz CT molecular complexity index is 874. The van der Waals surface area contributed by atoms with Gasteiger partial charge in [0.25, 0.3) is 0 Å². The number of allylic oxidation sites excluding steroid dienone is 2. The highest BCUT2D eigenvalue weighted by Crippen LogP contribution is 2.53. The van der Waals surface area contributed by atoms with Crippen LogP contribution in [0.25, 0.3) is 10.2 Å². The van der Waals surface area contributed by atoms with Gasteiger partial charge in [0.15, 0.2) is 4.34 Å². The van der Waals surface area contributed by atoms with Crippen LogP contribution in [0.3, 0.4) is 0 Å². The van der Waals surface area contributed by atoms with Crippen LogP contribution in [-0.4, -0.2) is 22.6 Å². The molecule has 122 valence electrons. The van der Waals surface area contributed by atoms with E-state index in [0.29, 0.717) is 5.69 Å². The largest absolute Gasteiger partial charge is 0.274 e. The van der Waals surface area contributed by atoms with Crippen LogP contribution < -0.4 is 4.90 Å². The van der Waals surface area contributed by atoms with Crippen LogP contribution in [0.1, 0.15) is 13.3 Å². The second-order valence-corrected chi connectivity index (χ2v) is 9.12. The van der Waals surface area contributed by atoms with Gasteiger partial charge in [-0.15, -0.1) is 11.3 Å². The number of carbonyl (C=O) groups is 2. The number of thiazole rings is 1. The van der Waals surface area contributed by atoms with Crippen LogP contribution >= 0.6 is 23.1 Å². The van der Waals surface area contributed by atoms with Crippen molar-refractivity contribution in [2.45, 2.75) is 17.7 Å². The summed E-state index contributed by atoms with van der Waals surface area (Å²) < 4.78 is 2.06. The topological polar surface area (TPSA) is 50.3 Å². The van der Waals surface area contributed by atoms with Gasteiger partial charge in [0.05, 0.1) is 27.7 Å². The van der Waals surface area contributed by atoms with Crippen LogP contribution in [0.2, 0.25) is 0 Å². The van der Waals surface area contributed by atoms with Crippen molar-refractivity contribution in [2.24, 2.45) is 23.7 Å². The third kappa shape index (κ3) is 1.90. The summed E-state index contributed by atoms with van der Waals surface area (Å²) >= 11 is 3.34. The van der Waals surface area contributed by atoms with Crippen LogP contribution in [0.4, 0.5) is 5.69 Å². The van der Waals surface area contributed by atoms with Crippen LogP contribution in [0.15, 0.2) is 34.7 Å². The molecule has 4 nitrogen and oxygen atoms in total. The molecule has 6 heteroatoms. The first-order chi connectivity index (χ1) is 11.7. The van der Waals surface area contributed by atoms with Crippen LogP contribution in [0.5, 0.6) is 0 Å². The molecule has 1 aliphatic heterocycles. The molecule has 2 heterocycles. The van der Waals surface area contributed by atoms with Gasteiger partial charge in [-0.3, -0.25) is 9.59 Å². The molecule has 2 fully saturated rings. The SMILES string of the molecule is CCSc1nc2ccc(N3C(=O)[C@H]4[C@H](C3=O)[C@H]3C=C[C@H]4C3)cc2s1. The molecule has 2 aromatic rings. The highest BCUT2D eigenvalue weighted by Gasteiger charge is 2.59. The zero-order valence-corrected chi connectivity index (χ0v) is 14.8. The molecule has 1 saturated heterocycles. The molecule has 2 bridgehead atoms. The maximum Gasteiger partial charge on any atom is 0.238 e. The molecular formula is C18H16N2O2S2. The van der Waals surface area contributed by atoms with E-state index in [1.807, 2.05) is 18.2 Å². The Hall–Kier alpha value is -1.66. The third-order valence-corrected chi connectivity index (χ3v) is 7.39. The van der Waals surface area contributed by atoms with Crippen molar-refractivity contribution in [2.75, 3.05) is 10.7 Å². The van der Waals surface area contributed by atoms with E-state index in [1.165, 1.54) is 4.90 Å². The van der Waals surface area contributed by atoms with Gasteiger partial charge in [0, 0.05) is 0 Å². The minimum Gasteiger partial charge on any atom is -0.274 e. The molecule has 1 saturated carbocycles. The van der Waals surface area contributed by atoms with Crippen molar-refractivity contribution in [1.82, 2.24) is 4.98 Å². The number of hydrogen-bond acceptors (Lipinski definition) is 5. The normalized spacial score (nSPS) is 30.8. The molecule has 0 radical (unpaired) electrons. The average molecular weight is 356 g/mol. The van der Waals surface area contributed by atoms with Gasteiger partial charge in [-0.1, -0.05) is 30.8 Å². The van der Waals surface area contributed by atoms with Crippen molar-refractivity contribution >= 4 is 50.8 Å². The molecule has 2 amide bonds. The number of hydrogen-bond donors (Lipinski definition) is 0. The molecule has 4 atom stereocenters. The highest BCUT2D eigenvalue weighted by molar-refractivity contribution is 8.01. The first-order valence-electron chi connectivity index (χ1n) is 8.27. The number of amides is 2. The number of fused-ring (bicyclic) bond motifs is 6. The lowest BCUT2D eigenvalue weighted by Crippen LogP contribution is -2.32. The third-order valence-electron chi connectivity index (χ3n) is 5.35. The Morgan fingerprint density at radius 1 is 1.21 bits per heavy atom. The predicted molar refractivity (Wildman–Crippen MR) is 96.2 cm³/mol. The molecule has 1 aromatic heterocycles. The van der Waals surface area contributed by atoms with Crippen LogP contribution in [0, 0.1) is 23.7 Å². The van der Waals surface area contributed by atoms with Crippen molar-refractivity contribution in [3.63, 3.8) is 0 Å². The number of benzene rings is 1. The van der Waals surface area contributed by atoms with Crippen molar-refractivity contribution in [3.8, 4) is 0 Å². The quantitative estimate of drug-likeness (QED) is 0.478. The summed E-state index contributed by atoms with van der Waals surface area (Å²) in [5, 5.41) is 0. The minimum atomic E-state index is -0.143. The van der Waals surface area contributed by atoms with E-state index in [1.54, 1.807) is 23.1 Å². The van der Waals surface area contributed by atoms with Gasteiger partial charge in [-0.05, 0) is 42.2 Å². The number of aromatic nitrogens is 1. The van der Waals surface area contributed by atoms with Gasteiger partial charge < -0.3 is 0 Å². The number of anilines is 1. The Morgan fingerprint density at radius 2 is 1.92 bits per heavy atom. The summed E-state index contributed by atoms with van der Waals surface area (Å²) in [5.41, 5.74) is 1.63. The van der Waals surface area contributed by atoms with E-state index in [4.69, 9.17) is 0 Å². The predicted octanol–water partition coefficient (Wildman–Crippen LogP) is 3.72. The summed E-state index contributed by atoms with van der Waals surface area (Å²) in [5.74, 6) is 1.16. The lowest BCUT2D eigenvalue weighted by molar-refractivity contribution is -0.123. The van der Waals surface area contributed by atoms with E-state index in [-0.39, 0.29) is 35.5 Å². The van der Waals surface area contributed by atoms with E-state index >= 15 is 0 Å². The van der Waals surface area contributed by atoms with Gasteiger partial charge >= 0.3 is 0 Å². The first kappa shape index (κ1) is 14.7. The lowest BCUT2D eigenvalue weighted by Gasteiger charge is -2.17. The van der Waals surface area contributed by atoms with E-state index < -0.39 is 0 Å². The summed E-state index contributed by atoms with van der Waals surface area (Å²) in [4.78, 5) is 31.8. The average Bonchev–Trinajstić information content (AvgIpc) is 3.30. The van der Waals surface area contributed by atoms with Crippen molar-refractivity contribution in [3.05, 3.63) is 30.4 Å². The zero-order valence-electron chi connectivity index (χ0n) is 13.1. The molecule has 0 spiro atoms. The lowest BCUT2D eigenvalue weighted by atomic mass is 9.85. The van der Waals surface area contributed by atoms with Gasteiger partial charge in [-0.25, -0.2) is 9.88 Å². The van der Waals surface area contributed by atoms with Crippen LogP contribution in [-0.2, 0) is 9.59 Å². The Balaban J connectivity index is 1.53. The Kier molecular flexibility index (Phi) is 3.16. The summed E-state index contributed by atoms with van der Waals surface area (Å²) in [6.07, 6.45) is 5.22. The second kappa shape index (κ2) is 5.17. The maximum atomic E-state index is 12.9. The zero-order chi connectivity index (χ0) is 16.4. The van der Waals surface area contributed by atoms with Gasteiger partial charge in [0.2, 0.25) is 11.8 Å². The van der Waals surface area contributed by atoms with Gasteiger partial charge in [-0.2, -0.15) is 0 Å². The minimum absolute atomic E-state index is 0.0196. The fourth-order valence-electron chi connectivity index (χ4n) is 4.37. The fourth-order valence-corrected chi connectivity index (χ4v) is 6.37. The Labute approximate surface area is 147 Å². The molecule has 24 heavy (non-hydrogen) atoms. The smallest absolute Gasteiger partial charge is 0.238 e. The number of imide groups is 1. The monoisotopic (exact) mass is 356 g/mol. The fraction of sp³-hybridized carbons (Fsp3) is 0.389. The molecule has 0 N–H and O–H groups in total. The van der Waals surface area contributed by atoms with Crippen molar-refractivity contribution in [1.29, 1.82) is 0 Å². The number of carbonyl (C=O) groups excluding carboxylic acids is 2. The molecule has 3 aliphatic rings. The molecule has 0 unspecified atom stereocenters. The first-order valence-corrected chi connectivity index (χ1v) is 10.1. The standard InChI is InChI=1S/C18H16N2O2S2/c1-2-23-18-19-12-6-5-11(8-13(12)24-18)20-16(21)14-9-3-4-10(7-9)15(14)17(20)22/h3-6,8-10,14-15H,2,7H2,1H3/t9-,10-,14+,15+/m0/s1.